The molecule has 1 aromatic rings. The van der Waals surface area contributed by atoms with Crippen LogP contribution in [0.15, 0.2) is 18.2 Å². The van der Waals surface area contributed by atoms with E-state index in [1.165, 1.54) is 6.07 Å². The van der Waals surface area contributed by atoms with Gasteiger partial charge in [-0.05, 0) is 30.5 Å². The molecule has 7 heteroatoms. The fourth-order valence-corrected chi connectivity index (χ4v) is 1.88. The number of alkyl halides is 3. The van der Waals surface area contributed by atoms with Crippen molar-refractivity contribution in [3.63, 3.8) is 0 Å². The van der Waals surface area contributed by atoms with Gasteiger partial charge in [-0.2, -0.15) is 13.2 Å². The van der Waals surface area contributed by atoms with Crippen LogP contribution in [0, 0.1) is 11.7 Å². The number of benzene rings is 1. The zero-order valence-corrected chi connectivity index (χ0v) is 11.6. The molecule has 0 bridgehead atoms. The number of hydrogen-bond acceptors (Lipinski definition) is 2. The Morgan fingerprint density at radius 3 is 2.57 bits per heavy atom. The van der Waals surface area contributed by atoms with Crippen LogP contribution in [0.4, 0.5) is 17.6 Å². The summed E-state index contributed by atoms with van der Waals surface area (Å²) in [4.78, 5) is 11.8. The number of halogens is 4. The van der Waals surface area contributed by atoms with Crippen LogP contribution in [0.5, 0.6) is 0 Å². The van der Waals surface area contributed by atoms with Crippen LogP contribution in [0.3, 0.4) is 0 Å². The molecule has 0 spiro atoms. The lowest BCUT2D eigenvalue weighted by Crippen LogP contribution is -2.36. The third-order valence-electron chi connectivity index (χ3n) is 3.02. The molecule has 0 radical (unpaired) electrons. The molecular formula is C14H18F4N2O. The van der Waals surface area contributed by atoms with Crippen LogP contribution < -0.4 is 11.1 Å². The van der Waals surface area contributed by atoms with Gasteiger partial charge in [0.05, 0.1) is 11.5 Å². The summed E-state index contributed by atoms with van der Waals surface area (Å²) in [6, 6.07) is 2.72. The lowest BCUT2D eigenvalue weighted by atomic mass is 9.97. The summed E-state index contributed by atoms with van der Waals surface area (Å²) < 4.78 is 51.1. The second-order valence-electron chi connectivity index (χ2n) is 4.74. The first-order valence-electron chi connectivity index (χ1n) is 6.63. The second kappa shape index (κ2) is 7.40. The number of nitrogens with two attached hydrogens (primary N) is 1. The molecule has 21 heavy (non-hydrogen) atoms. The maximum atomic E-state index is 13.2. The molecule has 0 saturated carbocycles. The van der Waals surface area contributed by atoms with E-state index in [1.807, 2.05) is 6.92 Å². The predicted octanol–water partition coefficient (Wildman–Crippen LogP) is 2.49. The van der Waals surface area contributed by atoms with Crippen molar-refractivity contribution in [3.8, 4) is 0 Å². The molecule has 3 N–H and O–H groups in total. The molecule has 0 heterocycles. The monoisotopic (exact) mass is 306 g/mol. The minimum Gasteiger partial charge on any atom is -0.356 e. The number of nitrogens with one attached hydrogen (secondary N) is 1. The van der Waals surface area contributed by atoms with E-state index in [4.69, 9.17) is 5.73 Å². The Kier molecular flexibility index (Phi) is 6.14. The Morgan fingerprint density at radius 1 is 1.38 bits per heavy atom. The van der Waals surface area contributed by atoms with Crippen LogP contribution >= 0.6 is 0 Å². The van der Waals surface area contributed by atoms with E-state index in [0.717, 1.165) is 18.6 Å². The molecule has 0 aliphatic carbocycles. The minimum atomic E-state index is -4.76. The fraction of sp³-hybridized carbons (Fsp3) is 0.500. The molecular weight excluding hydrogens is 288 g/mol. The van der Waals surface area contributed by atoms with Gasteiger partial charge in [0.25, 0.3) is 0 Å². The average Bonchev–Trinajstić information content (AvgIpc) is 2.42. The van der Waals surface area contributed by atoms with Crippen LogP contribution in [0.2, 0.25) is 0 Å². The SMILES string of the molecule is CCCNC(=O)C(CN)Cc1ccc(F)c(C(F)(F)F)c1. The predicted molar refractivity (Wildman–Crippen MR) is 71.0 cm³/mol. The number of carbonyl (C=O) groups excluding carboxylic acids is 1. The normalized spacial score (nSPS) is 13.0. The van der Waals surface area contributed by atoms with Crippen molar-refractivity contribution in [2.45, 2.75) is 25.9 Å². The lowest BCUT2D eigenvalue weighted by molar-refractivity contribution is -0.140. The molecule has 0 saturated heterocycles. The summed E-state index contributed by atoms with van der Waals surface area (Å²) in [6.07, 6.45) is -3.98. The molecule has 0 aliphatic heterocycles. The molecule has 0 aromatic heterocycles. The van der Waals surface area contributed by atoms with Crippen molar-refractivity contribution < 1.29 is 22.4 Å². The van der Waals surface area contributed by atoms with Crippen molar-refractivity contribution in [3.05, 3.63) is 35.1 Å². The summed E-state index contributed by atoms with van der Waals surface area (Å²) in [5.41, 5.74) is 4.39. The van der Waals surface area contributed by atoms with Crippen molar-refractivity contribution >= 4 is 5.91 Å². The molecule has 0 fully saturated rings. The molecule has 1 unspecified atom stereocenters. The number of hydrogen-bond donors (Lipinski definition) is 2. The standard InChI is InChI=1S/C14H18F4N2O/c1-2-5-20-13(21)10(8-19)6-9-3-4-12(15)11(7-9)14(16,17)18/h3-4,7,10H,2,5-6,8,19H2,1H3,(H,20,21). The third kappa shape index (κ3) is 5.00. The summed E-state index contributed by atoms with van der Waals surface area (Å²) >= 11 is 0. The van der Waals surface area contributed by atoms with Crippen LogP contribution in [-0.2, 0) is 17.4 Å². The van der Waals surface area contributed by atoms with E-state index in [9.17, 15) is 22.4 Å². The first-order chi connectivity index (χ1) is 9.79. The Hall–Kier alpha value is -1.63. The van der Waals surface area contributed by atoms with Gasteiger partial charge in [0.15, 0.2) is 0 Å². The molecule has 1 atom stereocenters. The van der Waals surface area contributed by atoms with Crippen molar-refractivity contribution in [1.82, 2.24) is 5.32 Å². The summed E-state index contributed by atoms with van der Waals surface area (Å²) in [5, 5.41) is 2.64. The lowest BCUT2D eigenvalue weighted by Gasteiger charge is -2.16. The topological polar surface area (TPSA) is 55.1 Å². The molecule has 1 amide bonds. The highest BCUT2D eigenvalue weighted by molar-refractivity contribution is 5.79. The highest BCUT2D eigenvalue weighted by atomic mass is 19.4. The van der Waals surface area contributed by atoms with Crippen LogP contribution in [0.25, 0.3) is 0 Å². The van der Waals surface area contributed by atoms with Gasteiger partial charge in [0.2, 0.25) is 5.91 Å². The van der Waals surface area contributed by atoms with Gasteiger partial charge in [-0.3, -0.25) is 4.79 Å². The van der Waals surface area contributed by atoms with E-state index in [-0.39, 0.29) is 24.4 Å². The number of amides is 1. The van der Waals surface area contributed by atoms with Gasteiger partial charge < -0.3 is 11.1 Å². The number of carbonyl (C=O) groups is 1. The second-order valence-corrected chi connectivity index (χ2v) is 4.74. The highest BCUT2D eigenvalue weighted by Crippen LogP contribution is 2.32. The van der Waals surface area contributed by atoms with E-state index < -0.39 is 23.5 Å². The Labute approximate surface area is 120 Å². The quantitative estimate of drug-likeness (QED) is 0.793. The zero-order valence-electron chi connectivity index (χ0n) is 11.6. The van der Waals surface area contributed by atoms with Gasteiger partial charge in [0.1, 0.15) is 5.82 Å². The van der Waals surface area contributed by atoms with Crippen LogP contribution in [0.1, 0.15) is 24.5 Å². The van der Waals surface area contributed by atoms with Gasteiger partial charge in [0, 0.05) is 13.1 Å². The van der Waals surface area contributed by atoms with E-state index in [1.54, 1.807) is 0 Å². The Morgan fingerprint density at radius 2 is 2.05 bits per heavy atom. The Bertz CT molecular complexity index is 488. The van der Waals surface area contributed by atoms with E-state index in [0.29, 0.717) is 6.54 Å². The van der Waals surface area contributed by atoms with E-state index in [2.05, 4.69) is 5.32 Å². The summed E-state index contributed by atoms with van der Waals surface area (Å²) in [7, 11) is 0. The van der Waals surface area contributed by atoms with E-state index >= 15 is 0 Å². The molecule has 3 nitrogen and oxygen atoms in total. The van der Waals surface area contributed by atoms with Gasteiger partial charge in [-0.1, -0.05) is 13.0 Å². The summed E-state index contributed by atoms with van der Waals surface area (Å²) in [5.74, 6) is -2.27. The largest absolute Gasteiger partial charge is 0.419 e. The van der Waals surface area contributed by atoms with Crippen LogP contribution in [-0.4, -0.2) is 19.0 Å². The average molecular weight is 306 g/mol. The maximum absolute atomic E-state index is 13.2. The highest BCUT2D eigenvalue weighted by Gasteiger charge is 2.34. The maximum Gasteiger partial charge on any atom is 0.419 e. The van der Waals surface area contributed by atoms with Gasteiger partial charge >= 0.3 is 6.18 Å². The first-order valence-corrected chi connectivity index (χ1v) is 6.63. The van der Waals surface area contributed by atoms with Gasteiger partial charge in [-0.25, -0.2) is 4.39 Å². The third-order valence-corrected chi connectivity index (χ3v) is 3.02. The molecule has 1 rings (SSSR count). The number of rotatable bonds is 6. The molecule has 0 aliphatic rings. The molecule has 118 valence electrons. The zero-order chi connectivity index (χ0) is 16.0. The molecule has 1 aromatic carbocycles. The summed E-state index contributed by atoms with van der Waals surface area (Å²) in [6.45, 7) is 2.37. The van der Waals surface area contributed by atoms with Crippen molar-refractivity contribution in [2.75, 3.05) is 13.1 Å². The minimum absolute atomic E-state index is 0.00821. The van der Waals surface area contributed by atoms with Crippen molar-refractivity contribution in [1.29, 1.82) is 0 Å². The fourth-order valence-electron chi connectivity index (χ4n) is 1.88. The van der Waals surface area contributed by atoms with Gasteiger partial charge in [-0.15, -0.1) is 0 Å². The van der Waals surface area contributed by atoms with Crippen molar-refractivity contribution in [2.24, 2.45) is 11.7 Å². The Balaban J connectivity index is 2.88. The smallest absolute Gasteiger partial charge is 0.356 e. The first kappa shape index (κ1) is 17.4.